The Morgan fingerprint density at radius 1 is 1.36 bits per heavy atom. The molecule has 1 saturated heterocycles. The SMILES string of the molecule is CN1CCC(N)C1Cc1ccccc1. The van der Waals surface area contributed by atoms with E-state index in [9.17, 15) is 0 Å². The Labute approximate surface area is 85.7 Å². The van der Waals surface area contributed by atoms with Gasteiger partial charge in [-0.05, 0) is 32.0 Å². The summed E-state index contributed by atoms with van der Waals surface area (Å²) >= 11 is 0. The van der Waals surface area contributed by atoms with Crippen molar-refractivity contribution in [3.63, 3.8) is 0 Å². The Kier molecular flexibility index (Phi) is 2.85. The van der Waals surface area contributed by atoms with Crippen molar-refractivity contribution >= 4 is 0 Å². The quantitative estimate of drug-likeness (QED) is 0.760. The lowest BCUT2D eigenvalue weighted by Crippen LogP contribution is -2.38. The number of likely N-dealkylation sites (N-methyl/N-ethyl adjacent to an activating group) is 1. The fourth-order valence-corrected chi connectivity index (χ4v) is 2.20. The molecule has 0 aliphatic carbocycles. The number of hydrogen-bond donors (Lipinski definition) is 1. The molecule has 2 unspecified atom stereocenters. The zero-order valence-corrected chi connectivity index (χ0v) is 8.69. The van der Waals surface area contributed by atoms with Crippen LogP contribution < -0.4 is 5.73 Å². The molecule has 1 aromatic rings. The van der Waals surface area contributed by atoms with Crippen LogP contribution in [-0.2, 0) is 6.42 Å². The van der Waals surface area contributed by atoms with Crippen molar-refractivity contribution in [1.82, 2.24) is 4.90 Å². The standard InChI is InChI=1S/C12H18N2/c1-14-8-7-11(13)12(14)9-10-5-3-2-4-6-10/h2-6,11-12H,7-9,13H2,1H3. The van der Waals surface area contributed by atoms with Crippen molar-refractivity contribution in [2.45, 2.75) is 24.9 Å². The summed E-state index contributed by atoms with van der Waals surface area (Å²) in [6.07, 6.45) is 2.21. The van der Waals surface area contributed by atoms with Gasteiger partial charge in [-0.15, -0.1) is 0 Å². The van der Waals surface area contributed by atoms with Gasteiger partial charge in [0.05, 0.1) is 0 Å². The minimum Gasteiger partial charge on any atom is -0.326 e. The van der Waals surface area contributed by atoms with Gasteiger partial charge in [0, 0.05) is 12.1 Å². The number of rotatable bonds is 2. The molecule has 1 aliphatic rings. The molecule has 1 fully saturated rings. The van der Waals surface area contributed by atoms with E-state index in [0.29, 0.717) is 12.1 Å². The van der Waals surface area contributed by atoms with Gasteiger partial charge in [-0.2, -0.15) is 0 Å². The number of hydrogen-bond acceptors (Lipinski definition) is 2. The average molecular weight is 190 g/mol. The highest BCUT2D eigenvalue weighted by Crippen LogP contribution is 2.18. The summed E-state index contributed by atoms with van der Waals surface area (Å²) < 4.78 is 0. The van der Waals surface area contributed by atoms with Gasteiger partial charge in [-0.25, -0.2) is 0 Å². The van der Waals surface area contributed by atoms with E-state index in [2.05, 4.69) is 42.3 Å². The average Bonchev–Trinajstić information content (AvgIpc) is 2.51. The predicted molar refractivity (Wildman–Crippen MR) is 59.2 cm³/mol. The highest BCUT2D eigenvalue weighted by molar-refractivity contribution is 5.17. The molecule has 2 N–H and O–H groups in total. The van der Waals surface area contributed by atoms with E-state index in [1.165, 1.54) is 5.56 Å². The third-order valence-electron chi connectivity index (χ3n) is 3.16. The molecule has 76 valence electrons. The fourth-order valence-electron chi connectivity index (χ4n) is 2.20. The van der Waals surface area contributed by atoms with Crippen LogP contribution in [0, 0.1) is 0 Å². The second-order valence-electron chi connectivity index (χ2n) is 4.19. The van der Waals surface area contributed by atoms with E-state index in [1.807, 2.05) is 0 Å². The molecule has 0 bridgehead atoms. The van der Waals surface area contributed by atoms with E-state index in [0.717, 1.165) is 19.4 Å². The highest BCUT2D eigenvalue weighted by atomic mass is 15.2. The van der Waals surface area contributed by atoms with E-state index in [-0.39, 0.29) is 0 Å². The number of nitrogens with zero attached hydrogens (tertiary/aromatic N) is 1. The lowest BCUT2D eigenvalue weighted by molar-refractivity contribution is 0.296. The lowest BCUT2D eigenvalue weighted by atomic mass is 10.0. The predicted octanol–water partition coefficient (Wildman–Crippen LogP) is 1.26. The molecule has 1 aliphatic heterocycles. The minimum absolute atomic E-state index is 0.347. The van der Waals surface area contributed by atoms with Gasteiger partial charge >= 0.3 is 0 Å². The zero-order valence-electron chi connectivity index (χ0n) is 8.69. The molecule has 2 rings (SSSR count). The molecule has 0 radical (unpaired) electrons. The van der Waals surface area contributed by atoms with Crippen molar-refractivity contribution in [2.24, 2.45) is 5.73 Å². The summed E-state index contributed by atoms with van der Waals surface area (Å²) in [4.78, 5) is 2.37. The molecule has 0 aromatic heterocycles. The molecule has 2 heteroatoms. The molecule has 1 heterocycles. The van der Waals surface area contributed by atoms with Crippen LogP contribution in [0.4, 0.5) is 0 Å². The van der Waals surface area contributed by atoms with E-state index >= 15 is 0 Å². The van der Waals surface area contributed by atoms with E-state index < -0.39 is 0 Å². The molecule has 0 spiro atoms. The summed E-state index contributed by atoms with van der Waals surface area (Å²) in [5.41, 5.74) is 7.47. The summed E-state index contributed by atoms with van der Waals surface area (Å²) in [7, 11) is 2.17. The molecule has 1 aromatic carbocycles. The Morgan fingerprint density at radius 3 is 2.64 bits per heavy atom. The van der Waals surface area contributed by atoms with Crippen LogP contribution in [0.2, 0.25) is 0 Å². The third-order valence-corrected chi connectivity index (χ3v) is 3.16. The smallest absolute Gasteiger partial charge is 0.0284 e. The number of benzene rings is 1. The third kappa shape index (κ3) is 1.97. The van der Waals surface area contributed by atoms with E-state index in [4.69, 9.17) is 5.73 Å². The molecule has 14 heavy (non-hydrogen) atoms. The molecular weight excluding hydrogens is 172 g/mol. The van der Waals surface area contributed by atoms with E-state index in [1.54, 1.807) is 0 Å². The van der Waals surface area contributed by atoms with Crippen LogP contribution in [0.1, 0.15) is 12.0 Å². The summed E-state index contributed by atoms with van der Waals surface area (Å²) in [5.74, 6) is 0. The number of likely N-dealkylation sites (tertiary alicyclic amines) is 1. The second kappa shape index (κ2) is 4.11. The Balaban J connectivity index is 2.04. The maximum atomic E-state index is 6.08. The van der Waals surface area contributed by atoms with Crippen molar-refractivity contribution in [1.29, 1.82) is 0 Å². The maximum absolute atomic E-state index is 6.08. The van der Waals surface area contributed by atoms with Gasteiger partial charge in [0.2, 0.25) is 0 Å². The topological polar surface area (TPSA) is 29.3 Å². The van der Waals surface area contributed by atoms with Crippen LogP contribution in [0.15, 0.2) is 30.3 Å². The normalized spacial score (nSPS) is 28.1. The Morgan fingerprint density at radius 2 is 2.07 bits per heavy atom. The van der Waals surface area contributed by atoms with Gasteiger partial charge in [0.15, 0.2) is 0 Å². The zero-order chi connectivity index (χ0) is 9.97. The van der Waals surface area contributed by atoms with Gasteiger partial charge in [-0.3, -0.25) is 0 Å². The molecule has 2 atom stereocenters. The first-order valence-electron chi connectivity index (χ1n) is 5.27. The molecule has 2 nitrogen and oxygen atoms in total. The van der Waals surface area contributed by atoms with Gasteiger partial charge < -0.3 is 10.6 Å². The highest BCUT2D eigenvalue weighted by Gasteiger charge is 2.28. The first-order chi connectivity index (χ1) is 6.77. The Bertz CT molecular complexity index is 274. The maximum Gasteiger partial charge on any atom is 0.0284 e. The largest absolute Gasteiger partial charge is 0.326 e. The second-order valence-corrected chi connectivity index (χ2v) is 4.19. The first kappa shape index (κ1) is 9.69. The van der Waals surface area contributed by atoms with Crippen molar-refractivity contribution in [3.8, 4) is 0 Å². The van der Waals surface area contributed by atoms with Crippen LogP contribution in [0.3, 0.4) is 0 Å². The van der Waals surface area contributed by atoms with Crippen LogP contribution >= 0.6 is 0 Å². The first-order valence-corrected chi connectivity index (χ1v) is 5.27. The summed E-state index contributed by atoms with van der Waals surface area (Å²) in [6, 6.07) is 11.5. The number of nitrogens with two attached hydrogens (primary N) is 1. The van der Waals surface area contributed by atoms with Crippen LogP contribution in [0.5, 0.6) is 0 Å². The van der Waals surface area contributed by atoms with Crippen LogP contribution in [0.25, 0.3) is 0 Å². The van der Waals surface area contributed by atoms with Crippen molar-refractivity contribution in [3.05, 3.63) is 35.9 Å². The van der Waals surface area contributed by atoms with Gasteiger partial charge in [0.1, 0.15) is 0 Å². The fraction of sp³-hybridized carbons (Fsp3) is 0.500. The molecular formula is C12H18N2. The van der Waals surface area contributed by atoms with Crippen molar-refractivity contribution in [2.75, 3.05) is 13.6 Å². The summed E-state index contributed by atoms with van der Waals surface area (Å²) in [6.45, 7) is 1.14. The van der Waals surface area contributed by atoms with Crippen molar-refractivity contribution < 1.29 is 0 Å². The lowest BCUT2D eigenvalue weighted by Gasteiger charge is -2.22. The van der Waals surface area contributed by atoms with Gasteiger partial charge in [0.25, 0.3) is 0 Å². The van der Waals surface area contributed by atoms with Gasteiger partial charge in [-0.1, -0.05) is 30.3 Å². The summed E-state index contributed by atoms with van der Waals surface area (Å²) in [5, 5.41) is 0. The molecule has 0 amide bonds. The minimum atomic E-state index is 0.347. The van der Waals surface area contributed by atoms with Crippen LogP contribution in [-0.4, -0.2) is 30.6 Å². The Hall–Kier alpha value is -0.860. The molecule has 0 saturated carbocycles. The monoisotopic (exact) mass is 190 g/mol.